The summed E-state index contributed by atoms with van der Waals surface area (Å²) in [5, 5.41) is 8.47. The minimum atomic E-state index is -1.36. The molecule has 0 aromatic heterocycles. The van der Waals surface area contributed by atoms with Gasteiger partial charge >= 0.3 is 0 Å². The molecule has 6 heteroatoms. The molecule has 1 atom stereocenters. The van der Waals surface area contributed by atoms with E-state index in [2.05, 4.69) is 26.2 Å². The van der Waals surface area contributed by atoms with Crippen LogP contribution in [0.3, 0.4) is 0 Å². The van der Waals surface area contributed by atoms with E-state index in [4.69, 9.17) is 4.74 Å². The molecule has 0 aliphatic rings. The molecule has 4 nitrogen and oxygen atoms in total. The van der Waals surface area contributed by atoms with Gasteiger partial charge in [0.05, 0.1) is 34.2 Å². The van der Waals surface area contributed by atoms with Crippen LogP contribution < -0.4 is 4.74 Å². The molecular weight excluding hydrogens is 412 g/mol. The Morgan fingerprint density at radius 2 is 1.50 bits per heavy atom. The first-order valence-electron chi connectivity index (χ1n) is 7.90. The highest BCUT2D eigenvalue weighted by molar-refractivity contribution is 9.10. The highest BCUT2D eigenvalue weighted by Gasteiger charge is 2.14. The zero-order chi connectivity index (χ0) is 18.5. The largest absolute Gasteiger partial charge is 0.495 e. The summed E-state index contributed by atoms with van der Waals surface area (Å²) in [6, 6.07) is 20.4. The third kappa shape index (κ3) is 4.45. The standard InChI is InChI=1S/C20H17BrN2O2S/c1-14-3-10-18(11-4-14)26(24)20-13-17(9-12-19(20)25-2)23-22-16-7-5-15(21)6-8-16/h3-13H,1-2H3. The minimum Gasteiger partial charge on any atom is -0.495 e. The third-order valence-corrected chi connectivity index (χ3v) is 5.64. The van der Waals surface area contributed by atoms with Crippen molar-refractivity contribution in [2.24, 2.45) is 10.2 Å². The normalized spacial score (nSPS) is 12.3. The monoisotopic (exact) mass is 428 g/mol. The van der Waals surface area contributed by atoms with Crippen LogP contribution in [-0.2, 0) is 10.8 Å². The second-order valence-electron chi connectivity index (χ2n) is 5.59. The number of azo groups is 1. The summed E-state index contributed by atoms with van der Waals surface area (Å²) in [7, 11) is 0.203. The van der Waals surface area contributed by atoms with Crippen LogP contribution in [0.1, 0.15) is 5.56 Å². The summed E-state index contributed by atoms with van der Waals surface area (Å²) in [6.45, 7) is 2.00. The lowest BCUT2D eigenvalue weighted by atomic mass is 10.2. The highest BCUT2D eigenvalue weighted by Crippen LogP contribution is 2.31. The van der Waals surface area contributed by atoms with Gasteiger partial charge in [0.2, 0.25) is 0 Å². The molecule has 132 valence electrons. The van der Waals surface area contributed by atoms with Gasteiger partial charge in [0.1, 0.15) is 5.75 Å². The van der Waals surface area contributed by atoms with E-state index in [1.807, 2.05) is 55.5 Å². The Morgan fingerprint density at radius 3 is 2.15 bits per heavy atom. The Hall–Kier alpha value is -2.31. The molecule has 3 aromatic rings. The Bertz CT molecular complexity index is 955. The first-order chi connectivity index (χ1) is 12.6. The van der Waals surface area contributed by atoms with Crippen molar-refractivity contribution in [1.29, 1.82) is 0 Å². The van der Waals surface area contributed by atoms with E-state index in [0.29, 0.717) is 16.3 Å². The molecule has 0 N–H and O–H groups in total. The Morgan fingerprint density at radius 1 is 0.885 bits per heavy atom. The van der Waals surface area contributed by atoms with Gasteiger partial charge in [-0.1, -0.05) is 33.6 Å². The van der Waals surface area contributed by atoms with Gasteiger partial charge in [0, 0.05) is 9.37 Å². The molecule has 0 amide bonds. The highest BCUT2D eigenvalue weighted by atomic mass is 79.9. The molecule has 0 fully saturated rings. The summed E-state index contributed by atoms with van der Waals surface area (Å²) < 4.78 is 19.3. The molecule has 0 radical (unpaired) electrons. The smallest absolute Gasteiger partial charge is 0.135 e. The molecule has 0 spiro atoms. The van der Waals surface area contributed by atoms with E-state index < -0.39 is 10.8 Å². The minimum absolute atomic E-state index is 0.562. The van der Waals surface area contributed by atoms with Crippen LogP contribution >= 0.6 is 15.9 Å². The maximum atomic E-state index is 13.0. The Labute approximate surface area is 163 Å². The van der Waals surface area contributed by atoms with Gasteiger partial charge in [-0.3, -0.25) is 0 Å². The fourth-order valence-electron chi connectivity index (χ4n) is 2.28. The van der Waals surface area contributed by atoms with Crippen molar-refractivity contribution in [3.63, 3.8) is 0 Å². The van der Waals surface area contributed by atoms with Crippen molar-refractivity contribution in [1.82, 2.24) is 0 Å². The van der Waals surface area contributed by atoms with E-state index in [1.165, 1.54) is 0 Å². The zero-order valence-electron chi connectivity index (χ0n) is 14.3. The molecular formula is C20H17BrN2O2S. The molecule has 0 aliphatic carbocycles. The number of hydrogen-bond acceptors (Lipinski definition) is 4. The molecule has 26 heavy (non-hydrogen) atoms. The summed E-state index contributed by atoms with van der Waals surface area (Å²) >= 11 is 3.39. The number of benzene rings is 3. The maximum Gasteiger partial charge on any atom is 0.135 e. The van der Waals surface area contributed by atoms with Crippen molar-refractivity contribution in [2.45, 2.75) is 16.7 Å². The SMILES string of the molecule is COc1ccc(N=Nc2ccc(Br)cc2)cc1S(=O)c1ccc(C)cc1. The van der Waals surface area contributed by atoms with Gasteiger partial charge in [-0.15, -0.1) is 0 Å². The van der Waals surface area contributed by atoms with Gasteiger partial charge < -0.3 is 4.74 Å². The van der Waals surface area contributed by atoms with E-state index in [9.17, 15) is 4.21 Å². The molecule has 0 saturated heterocycles. The number of halogens is 1. The van der Waals surface area contributed by atoms with Crippen LogP contribution in [0.4, 0.5) is 11.4 Å². The summed E-state index contributed by atoms with van der Waals surface area (Å²) in [5.41, 5.74) is 2.48. The van der Waals surface area contributed by atoms with Crippen LogP contribution in [0.15, 0.2) is 91.2 Å². The van der Waals surface area contributed by atoms with Crippen LogP contribution in [0.2, 0.25) is 0 Å². The molecule has 1 unspecified atom stereocenters. The fourth-order valence-corrected chi connectivity index (χ4v) is 3.75. The topological polar surface area (TPSA) is 51.0 Å². The van der Waals surface area contributed by atoms with Crippen molar-refractivity contribution in [3.8, 4) is 5.75 Å². The molecule has 0 aliphatic heterocycles. The van der Waals surface area contributed by atoms with Crippen LogP contribution in [0.25, 0.3) is 0 Å². The lowest BCUT2D eigenvalue weighted by Crippen LogP contribution is -1.97. The predicted octanol–water partition coefficient (Wildman–Crippen LogP) is 6.35. The number of methoxy groups -OCH3 is 1. The Kier molecular flexibility index (Phi) is 5.96. The van der Waals surface area contributed by atoms with Crippen LogP contribution in [0, 0.1) is 6.92 Å². The lowest BCUT2D eigenvalue weighted by Gasteiger charge is -2.09. The second kappa shape index (κ2) is 8.38. The van der Waals surface area contributed by atoms with Crippen LogP contribution in [0.5, 0.6) is 5.75 Å². The summed E-state index contributed by atoms with van der Waals surface area (Å²) in [4.78, 5) is 1.29. The average Bonchev–Trinajstić information content (AvgIpc) is 2.67. The molecule has 0 saturated carbocycles. The van der Waals surface area contributed by atoms with Crippen molar-refractivity contribution >= 4 is 38.1 Å². The lowest BCUT2D eigenvalue weighted by molar-refractivity contribution is 0.404. The van der Waals surface area contributed by atoms with E-state index in [1.54, 1.807) is 25.3 Å². The zero-order valence-corrected chi connectivity index (χ0v) is 16.8. The molecule has 3 rings (SSSR count). The van der Waals surface area contributed by atoms with Crippen LogP contribution in [-0.4, -0.2) is 11.3 Å². The second-order valence-corrected chi connectivity index (χ2v) is 7.96. The molecule has 3 aromatic carbocycles. The first kappa shape index (κ1) is 18.5. The Balaban J connectivity index is 1.92. The van der Waals surface area contributed by atoms with E-state index in [-0.39, 0.29) is 0 Å². The van der Waals surface area contributed by atoms with Crippen molar-refractivity contribution in [2.75, 3.05) is 7.11 Å². The van der Waals surface area contributed by atoms with Gasteiger partial charge in [0.25, 0.3) is 0 Å². The van der Waals surface area contributed by atoms with Gasteiger partial charge in [0.15, 0.2) is 0 Å². The summed E-state index contributed by atoms with van der Waals surface area (Å²) in [5.74, 6) is 0.562. The van der Waals surface area contributed by atoms with Gasteiger partial charge in [-0.05, 0) is 61.5 Å². The molecule has 0 heterocycles. The maximum absolute atomic E-state index is 13.0. The fraction of sp³-hybridized carbons (Fsp3) is 0.100. The number of hydrogen-bond donors (Lipinski definition) is 0. The predicted molar refractivity (Wildman–Crippen MR) is 107 cm³/mol. The number of ether oxygens (including phenoxy) is 1. The number of aryl methyl sites for hydroxylation is 1. The average molecular weight is 429 g/mol. The first-order valence-corrected chi connectivity index (χ1v) is 9.85. The quantitative estimate of drug-likeness (QED) is 0.444. The van der Waals surface area contributed by atoms with Crippen molar-refractivity contribution < 1.29 is 8.95 Å². The van der Waals surface area contributed by atoms with E-state index in [0.717, 1.165) is 20.6 Å². The van der Waals surface area contributed by atoms with Gasteiger partial charge in [-0.25, -0.2) is 4.21 Å². The van der Waals surface area contributed by atoms with E-state index >= 15 is 0 Å². The number of nitrogens with zero attached hydrogens (tertiary/aromatic N) is 2. The number of rotatable bonds is 5. The van der Waals surface area contributed by atoms with Gasteiger partial charge in [-0.2, -0.15) is 10.2 Å². The molecule has 0 bridgehead atoms. The van der Waals surface area contributed by atoms with Crippen molar-refractivity contribution in [3.05, 3.63) is 76.8 Å². The third-order valence-electron chi connectivity index (χ3n) is 3.69. The summed E-state index contributed by atoms with van der Waals surface area (Å²) in [6.07, 6.45) is 0.